The van der Waals surface area contributed by atoms with Crippen LogP contribution in [0.15, 0.2) is 18.2 Å². The van der Waals surface area contributed by atoms with Gasteiger partial charge < -0.3 is 14.2 Å². The number of fused-ring (bicyclic) bond motifs is 1. The summed E-state index contributed by atoms with van der Waals surface area (Å²) in [6.07, 6.45) is 3.46. The smallest absolute Gasteiger partial charge is 0.161 e. The first-order valence-electron chi connectivity index (χ1n) is 7.80. The minimum atomic E-state index is -0.0189. The van der Waals surface area contributed by atoms with E-state index in [0.717, 1.165) is 23.5 Å². The number of hydrogen-bond donors (Lipinski definition) is 2. The topological polar surface area (TPSA) is 65.7 Å². The molecule has 0 spiro atoms. The number of hydrogen-bond acceptors (Lipinski definition) is 5. The zero-order valence-corrected chi connectivity index (χ0v) is 12.5. The maximum Gasteiger partial charge on any atom is 0.161 e. The minimum absolute atomic E-state index is 0.0189. The second kappa shape index (κ2) is 6.64. The van der Waals surface area contributed by atoms with Gasteiger partial charge in [0.1, 0.15) is 0 Å². The molecule has 5 heteroatoms. The number of nitrogens with two attached hydrogens (primary N) is 1. The number of ether oxygens (including phenoxy) is 3. The molecule has 3 rings (SSSR count). The molecule has 3 N–H and O–H groups in total. The molecule has 116 valence electrons. The van der Waals surface area contributed by atoms with Gasteiger partial charge in [-0.2, -0.15) is 0 Å². The fourth-order valence-corrected chi connectivity index (χ4v) is 2.88. The van der Waals surface area contributed by atoms with E-state index in [1.807, 2.05) is 25.1 Å². The SMILES string of the molecule is CCOC(C1CC1)C(NN)c1ccc2c(c1)OCCCO2. The Bertz CT molecular complexity index is 477. The van der Waals surface area contributed by atoms with Crippen molar-refractivity contribution >= 4 is 0 Å². The molecule has 2 aliphatic rings. The molecule has 5 nitrogen and oxygen atoms in total. The van der Waals surface area contributed by atoms with Gasteiger partial charge in [0.2, 0.25) is 0 Å². The standard InChI is InChI=1S/C16H24N2O3/c1-2-19-16(11-4-5-11)15(18-17)12-6-7-13-14(10-12)21-9-3-8-20-13/h6-7,10-11,15-16,18H,2-5,8-9,17H2,1H3. The lowest BCUT2D eigenvalue weighted by atomic mass is 9.98. The molecule has 1 aliphatic heterocycles. The third-order valence-electron chi connectivity index (χ3n) is 4.08. The Morgan fingerprint density at radius 2 is 2.05 bits per heavy atom. The van der Waals surface area contributed by atoms with Crippen LogP contribution in [-0.4, -0.2) is 25.9 Å². The number of nitrogens with one attached hydrogen (secondary N) is 1. The molecule has 0 radical (unpaired) electrons. The molecule has 2 atom stereocenters. The summed E-state index contributed by atoms with van der Waals surface area (Å²) in [7, 11) is 0. The Kier molecular flexibility index (Phi) is 4.63. The van der Waals surface area contributed by atoms with Crippen LogP contribution in [0.5, 0.6) is 11.5 Å². The van der Waals surface area contributed by atoms with Crippen LogP contribution < -0.4 is 20.7 Å². The molecular weight excluding hydrogens is 268 g/mol. The van der Waals surface area contributed by atoms with Gasteiger partial charge in [-0.25, -0.2) is 0 Å². The molecule has 0 saturated heterocycles. The highest BCUT2D eigenvalue weighted by Gasteiger charge is 2.37. The van der Waals surface area contributed by atoms with Crippen molar-refractivity contribution in [3.63, 3.8) is 0 Å². The van der Waals surface area contributed by atoms with Gasteiger partial charge in [0.15, 0.2) is 11.5 Å². The van der Waals surface area contributed by atoms with Crippen molar-refractivity contribution in [3.8, 4) is 11.5 Å². The molecule has 1 aromatic rings. The molecule has 1 heterocycles. The molecule has 1 saturated carbocycles. The molecule has 0 bridgehead atoms. The van der Waals surface area contributed by atoms with Crippen LogP contribution >= 0.6 is 0 Å². The third-order valence-corrected chi connectivity index (χ3v) is 4.08. The predicted octanol–water partition coefficient (Wildman–Crippen LogP) is 2.17. The molecule has 1 fully saturated rings. The maximum absolute atomic E-state index is 5.93. The van der Waals surface area contributed by atoms with E-state index in [-0.39, 0.29) is 12.1 Å². The highest BCUT2D eigenvalue weighted by atomic mass is 16.5. The van der Waals surface area contributed by atoms with E-state index in [0.29, 0.717) is 25.7 Å². The molecule has 1 aliphatic carbocycles. The first kappa shape index (κ1) is 14.6. The summed E-state index contributed by atoms with van der Waals surface area (Å²) in [6, 6.07) is 6.03. The summed E-state index contributed by atoms with van der Waals surface area (Å²) in [4.78, 5) is 0. The molecule has 1 aromatic carbocycles. The molecule has 2 unspecified atom stereocenters. The van der Waals surface area contributed by atoms with Crippen molar-refractivity contribution in [1.29, 1.82) is 0 Å². The van der Waals surface area contributed by atoms with E-state index in [2.05, 4.69) is 5.43 Å². The van der Waals surface area contributed by atoms with Crippen LogP contribution in [0.25, 0.3) is 0 Å². The van der Waals surface area contributed by atoms with Crippen LogP contribution in [0.1, 0.15) is 37.8 Å². The summed E-state index contributed by atoms with van der Waals surface area (Å²) in [6.45, 7) is 4.12. The highest BCUT2D eigenvalue weighted by Crippen LogP contribution is 2.41. The van der Waals surface area contributed by atoms with Gasteiger partial charge in [-0.1, -0.05) is 6.07 Å². The average molecular weight is 292 g/mol. The fraction of sp³-hybridized carbons (Fsp3) is 0.625. The van der Waals surface area contributed by atoms with Gasteiger partial charge in [-0.15, -0.1) is 0 Å². The third kappa shape index (κ3) is 3.31. The van der Waals surface area contributed by atoms with Gasteiger partial charge in [0.25, 0.3) is 0 Å². The fourth-order valence-electron chi connectivity index (χ4n) is 2.88. The highest BCUT2D eigenvalue weighted by molar-refractivity contribution is 5.44. The molecule has 21 heavy (non-hydrogen) atoms. The van der Waals surface area contributed by atoms with Crippen LogP contribution in [0.3, 0.4) is 0 Å². The lowest BCUT2D eigenvalue weighted by Gasteiger charge is -2.27. The predicted molar refractivity (Wildman–Crippen MR) is 80.3 cm³/mol. The zero-order valence-electron chi connectivity index (χ0n) is 12.5. The second-order valence-corrected chi connectivity index (χ2v) is 5.66. The summed E-state index contributed by atoms with van der Waals surface area (Å²) in [5, 5.41) is 0. The minimum Gasteiger partial charge on any atom is -0.490 e. The quantitative estimate of drug-likeness (QED) is 0.621. The maximum atomic E-state index is 5.93. The zero-order chi connectivity index (χ0) is 14.7. The Morgan fingerprint density at radius 3 is 2.71 bits per heavy atom. The van der Waals surface area contributed by atoms with Crippen molar-refractivity contribution < 1.29 is 14.2 Å². The molecule has 0 amide bonds. The summed E-state index contributed by atoms with van der Waals surface area (Å²) < 4.78 is 17.4. The van der Waals surface area contributed by atoms with E-state index in [1.54, 1.807) is 0 Å². The summed E-state index contributed by atoms with van der Waals surface area (Å²) >= 11 is 0. The van der Waals surface area contributed by atoms with Gasteiger partial charge in [0, 0.05) is 13.0 Å². The molecule has 0 aromatic heterocycles. The Balaban J connectivity index is 1.84. The Morgan fingerprint density at radius 1 is 1.29 bits per heavy atom. The summed E-state index contributed by atoms with van der Waals surface area (Å²) in [5.74, 6) is 8.02. The summed E-state index contributed by atoms with van der Waals surface area (Å²) in [5.41, 5.74) is 4.02. The van der Waals surface area contributed by atoms with Crippen LogP contribution in [0, 0.1) is 5.92 Å². The number of hydrazine groups is 1. The number of benzene rings is 1. The van der Waals surface area contributed by atoms with Gasteiger partial charge in [0.05, 0.1) is 25.4 Å². The van der Waals surface area contributed by atoms with E-state index in [9.17, 15) is 0 Å². The van der Waals surface area contributed by atoms with E-state index >= 15 is 0 Å². The normalized spacial score (nSPS) is 20.7. The second-order valence-electron chi connectivity index (χ2n) is 5.66. The number of rotatable bonds is 6. The first-order valence-corrected chi connectivity index (χ1v) is 7.80. The van der Waals surface area contributed by atoms with E-state index in [4.69, 9.17) is 20.1 Å². The van der Waals surface area contributed by atoms with E-state index < -0.39 is 0 Å². The Hall–Kier alpha value is -1.30. The first-order chi connectivity index (χ1) is 10.3. The average Bonchev–Trinajstić information content (AvgIpc) is 3.34. The molecular formula is C16H24N2O3. The van der Waals surface area contributed by atoms with Gasteiger partial charge >= 0.3 is 0 Å². The van der Waals surface area contributed by atoms with Crippen molar-refractivity contribution in [2.24, 2.45) is 11.8 Å². The van der Waals surface area contributed by atoms with Crippen molar-refractivity contribution in [1.82, 2.24) is 5.43 Å². The van der Waals surface area contributed by atoms with Crippen molar-refractivity contribution in [2.45, 2.75) is 38.3 Å². The van der Waals surface area contributed by atoms with Crippen LogP contribution in [-0.2, 0) is 4.74 Å². The largest absolute Gasteiger partial charge is 0.490 e. The Labute approximate surface area is 125 Å². The van der Waals surface area contributed by atoms with Gasteiger partial charge in [-0.3, -0.25) is 11.3 Å². The lowest BCUT2D eigenvalue weighted by molar-refractivity contribution is 0.0185. The van der Waals surface area contributed by atoms with Crippen molar-refractivity contribution in [3.05, 3.63) is 23.8 Å². The van der Waals surface area contributed by atoms with Crippen LogP contribution in [0.2, 0.25) is 0 Å². The van der Waals surface area contributed by atoms with Crippen LogP contribution in [0.4, 0.5) is 0 Å². The lowest BCUT2D eigenvalue weighted by Crippen LogP contribution is -2.39. The monoisotopic (exact) mass is 292 g/mol. The van der Waals surface area contributed by atoms with E-state index in [1.165, 1.54) is 12.8 Å². The van der Waals surface area contributed by atoms with Gasteiger partial charge in [-0.05, 0) is 43.4 Å². The van der Waals surface area contributed by atoms with Crippen molar-refractivity contribution in [2.75, 3.05) is 19.8 Å².